The van der Waals surface area contributed by atoms with Gasteiger partial charge >= 0.3 is 6.18 Å². The Morgan fingerprint density at radius 2 is 1.92 bits per heavy atom. The molecule has 1 aromatic rings. The summed E-state index contributed by atoms with van der Waals surface area (Å²) in [4.78, 5) is 16.3. The first-order chi connectivity index (χ1) is 11.4. The SMILES string of the molecule is COCC1(C(=O)N2CCN(c3nnc(C(F)(F)F)s3)CC2)CCC1. The fraction of sp³-hybridized carbons (Fsp3) is 0.786. The second-order valence-corrected chi connectivity index (χ2v) is 7.19. The van der Waals surface area contributed by atoms with Gasteiger partial charge in [-0.25, -0.2) is 0 Å². The maximum absolute atomic E-state index is 12.7. The second kappa shape index (κ2) is 6.47. The van der Waals surface area contributed by atoms with Gasteiger partial charge in [-0.2, -0.15) is 13.2 Å². The number of hydrogen-bond donors (Lipinski definition) is 0. The molecule has 134 valence electrons. The highest BCUT2D eigenvalue weighted by atomic mass is 32.1. The second-order valence-electron chi connectivity index (χ2n) is 6.23. The summed E-state index contributed by atoms with van der Waals surface area (Å²) in [6, 6.07) is 0. The summed E-state index contributed by atoms with van der Waals surface area (Å²) in [5.41, 5.74) is -0.400. The summed E-state index contributed by atoms with van der Waals surface area (Å²) >= 11 is 0.541. The van der Waals surface area contributed by atoms with Crippen LogP contribution in [-0.4, -0.2) is 60.9 Å². The van der Waals surface area contributed by atoms with Gasteiger partial charge in [-0.05, 0) is 12.8 Å². The molecule has 1 saturated heterocycles. The predicted molar refractivity (Wildman–Crippen MR) is 81.9 cm³/mol. The van der Waals surface area contributed by atoms with Crippen molar-refractivity contribution < 1.29 is 22.7 Å². The van der Waals surface area contributed by atoms with Crippen LogP contribution in [0.15, 0.2) is 0 Å². The molecular formula is C14H19F3N4O2S. The van der Waals surface area contributed by atoms with Crippen molar-refractivity contribution in [2.75, 3.05) is 44.8 Å². The number of alkyl halides is 3. The number of rotatable bonds is 4. The maximum Gasteiger partial charge on any atom is 0.445 e. The average molecular weight is 364 g/mol. The molecule has 0 radical (unpaired) electrons. The van der Waals surface area contributed by atoms with Gasteiger partial charge in [0.15, 0.2) is 0 Å². The molecule has 2 aliphatic rings. The van der Waals surface area contributed by atoms with E-state index in [1.54, 1.807) is 16.9 Å². The van der Waals surface area contributed by atoms with Gasteiger partial charge in [0.05, 0.1) is 12.0 Å². The van der Waals surface area contributed by atoms with E-state index in [9.17, 15) is 18.0 Å². The van der Waals surface area contributed by atoms with Gasteiger partial charge in [0.1, 0.15) is 0 Å². The molecule has 24 heavy (non-hydrogen) atoms. The zero-order valence-corrected chi connectivity index (χ0v) is 14.1. The lowest BCUT2D eigenvalue weighted by molar-refractivity contribution is -0.152. The van der Waals surface area contributed by atoms with Crippen molar-refractivity contribution in [3.63, 3.8) is 0 Å². The van der Waals surface area contributed by atoms with Gasteiger partial charge in [0.25, 0.3) is 0 Å². The molecule has 1 saturated carbocycles. The van der Waals surface area contributed by atoms with Crippen LogP contribution in [0.2, 0.25) is 0 Å². The number of nitrogens with zero attached hydrogens (tertiary/aromatic N) is 4. The van der Waals surface area contributed by atoms with E-state index in [1.165, 1.54) is 0 Å². The minimum absolute atomic E-state index is 0.100. The van der Waals surface area contributed by atoms with Crippen molar-refractivity contribution >= 4 is 22.4 Å². The summed E-state index contributed by atoms with van der Waals surface area (Å²) in [7, 11) is 1.60. The monoisotopic (exact) mass is 364 g/mol. The van der Waals surface area contributed by atoms with Gasteiger partial charge in [-0.1, -0.05) is 17.8 Å². The summed E-state index contributed by atoms with van der Waals surface area (Å²) in [6.07, 6.45) is -1.76. The quantitative estimate of drug-likeness (QED) is 0.818. The molecule has 1 amide bonds. The topological polar surface area (TPSA) is 58.6 Å². The van der Waals surface area contributed by atoms with Crippen molar-refractivity contribution in [3.05, 3.63) is 5.01 Å². The van der Waals surface area contributed by atoms with E-state index < -0.39 is 16.6 Å². The van der Waals surface area contributed by atoms with Crippen LogP contribution < -0.4 is 4.90 Å². The average Bonchev–Trinajstić information content (AvgIpc) is 3.00. The van der Waals surface area contributed by atoms with Crippen molar-refractivity contribution in [1.82, 2.24) is 15.1 Å². The number of aromatic nitrogens is 2. The van der Waals surface area contributed by atoms with Crippen molar-refractivity contribution in [1.29, 1.82) is 0 Å². The first-order valence-corrected chi connectivity index (χ1v) is 8.61. The fourth-order valence-electron chi connectivity index (χ4n) is 3.19. The van der Waals surface area contributed by atoms with Gasteiger partial charge in [-0.15, -0.1) is 10.2 Å². The Morgan fingerprint density at radius 1 is 1.25 bits per heavy atom. The molecule has 0 spiro atoms. The van der Waals surface area contributed by atoms with Crippen LogP contribution in [0.5, 0.6) is 0 Å². The standard InChI is InChI=1S/C14H19F3N4O2S/c1-23-9-13(3-2-4-13)11(22)20-5-7-21(8-6-20)12-19-18-10(24-12)14(15,16)17/h2-9H2,1H3. The molecule has 1 aromatic heterocycles. The lowest BCUT2D eigenvalue weighted by Gasteiger charge is -2.45. The number of amides is 1. The van der Waals surface area contributed by atoms with Crippen LogP contribution >= 0.6 is 11.3 Å². The Balaban J connectivity index is 1.60. The molecule has 0 N–H and O–H groups in total. The van der Waals surface area contributed by atoms with Gasteiger partial charge < -0.3 is 14.5 Å². The largest absolute Gasteiger partial charge is 0.445 e. The highest BCUT2D eigenvalue weighted by molar-refractivity contribution is 7.15. The number of methoxy groups -OCH3 is 1. The number of ether oxygens (including phenoxy) is 1. The number of carbonyl (C=O) groups is 1. The van der Waals surface area contributed by atoms with Crippen LogP contribution in [-0.2, 0) is 15.7 Å². The summed E-state index contributed by atoms with van der Waals surface area (Å²) in [5, 5.41) is 6.15. The van der Waals surface area contributed by atoms with E-state index in [0.717, 1.165) is 19.3 Å². The van der Waals surface area contributed by atoms with Gasteiger partial charge in [-0.3, -0.25) is 4.79 Å². The molecular weight excluding hydrogens is 345 g/mol. The summed E-state index contributed by atoms with van der Waals surface area (Å²) < 4.78 is 43.0. The summed E-state index contributed by atoms with van der Waals surface area (Å²) in [6.45, 7) is 2.30. The normalized spacial score (nSPS) is 20.8. The van der Waals surface area contributed by atoms with Gasteiger partial charge in [0, 0.05) is 33.3 Å². The molecule has 3 rings (SSSR count). The van der Waals surface area contributed by atoms with Gasteiger partial charge in [0.2, 0.25) is 16.0 Å². The molecule has 0 atom stereocenters. The number of carbonyl (C=O) groups excluding carboxylic acids is 1. The Hall–Kier alpha value is -1.42. The molecule has 0 aromatic carbocycles. The Labute approximate surface area is 141 Å². The highest BCUT2D eigenvalue weighted by Gasteiger charge is 2.47. The smallest absolute Gasteiger partial charge is 0.384 e. The van der Waals surface area contributed by atoms with Crippen LogP contribution in [0.1, 0.15) is 24.3 Å². The Kier molecular flexibility index (Phi) is 4.69. The number of halogens is 3. The Bertz CT molecular complexity index is 595. The van der Waals surface area contributed by atoms with E-state index in [4.69, 9.17) is 4.74 Å². The van der Waals surface area contributed by atoms with Crippen molar-refractivity contribution in [2.24, 2.45) is 5.41 Å². The predicted octanol–water partition coefficient (Wildman–Crippen LogP) is 2.02. The Morgan fingerprint density at radius 3 is 2.38 bits per heavy atom. The third kappa shape index (κ3) is 3.21. The molecule has 2 heterocycles. The first kappa shape index (κ1) is 17.4. The minimum atomic E-state index is -4.47. The van der Waals surface area contributed by atoms with Crippen molar-refractivity contribution in [3.8, 4) is 0 Å². The van der Waals surface area contributed by atoms with Crippen LogP contribution in [0.3, 0.4) is 0 Å². The van der Waals surface area contributed by atoms with E-state index in [2.05, 4.69) is 10.2 Å². The highest BCUT2D eigenvalue weighted by Crippen LogP contribution is 2.43. The fourth-order valence-corrected chi connectivity index (χ4v) is 3.96. The number of hydrogen-bond acceptors (Lipinski definition) is 6. The maximum atomic E-state index is 12.7. The van der Waals surface area contributed by atoms with Crippen LogP contribution in [0.4, 0.5) is 18.3 Å². The minimum Gasteiger partial charge on any atom is -0.384 e. The van der Waals surface area contributed by atoms with E-state index >= 15 is 0 Å². The molecule has 0 unspecified atom stereocenters. The molecule has 1 aliphatic heterocycles. The van der Waals surface area contributed by atoms with Crippen molar-refractivity contribution in [2.45, 2.75) is 25.4 Å². The molecule has 2 fully saturated rings. The molecule has 10 heteroatoms. The van der Waals surface area contributed by atoms with Crippen LogP contribution in [0.25, 0.3) is 0 Å². The van der Waals surface area contributed by atoms with E-state index in [1.807, 2.05) is 0 Å². The van der Waals surface area contributed by atoms with E-state index in [-0.39, 0.29) is 11.0 Å². The first-order valence-electron chi connectivity index (χ1n) is 7.80. The molecule has 0 bridgehead atoms. The molecule has 1 aliphatic carbocycles. The third-order valence-corrected chi connectivity index (χ3v) is 5.71. The zero-order chi connectivity index (χ0) is 17.4. The zero-order valence-electron chi connectivity index (χ0n) is 13.3. The lowest BCUT2D eigenvalue weighted by atomic mass is 9.68. The number of anilines is 1. The third-order valence-electron chi connectivity index (χ3n) is 4.68. The molecule has 6 nitrogen and oxygen atoms in total. The summed E-state index contributed by atoms with van der Waals surface area (Å²) in [5.74, 6) is 0.100. The lowest BCUT2D eigenvalue weighted by Crippen LogP contribution is -2.56. The van der Waals surface area contributed by atoms with Crippen LogP contribution in [0, 0.1) is 5.41 Å². The van der Waals surface area contributed by atoms with E-state index in [0.29, 0.717) is 44.1 Å². The number of piperazine rings is 1.